The third-order valence-corrected chi connectivity index (χ3v) is 4.13. The highest BCUT2D eigenvalue weighted by Gasteiger charge is 2.05. The molecule has 0 unspecified atom stereocenters. The lowest BCUT2D eigenvalue weighted by molar-refractivity contribution is 0.415. The van der Waals surface area contributed by atoms with Gasteiger partial charge in [0, 0.05) is 16.6 Å². The second-order valence-electron chi connectivity index (χ2n) is 5.58. The second kappa shape index (κ2) is 5.65. The van der Waals surface area contributed by atoms with Crippen molar-refractivity contribution in [3.63, 3.8) is 0 Å². The Morgan fingerprint density at radius 1 is 0.696 bits per heavy atom. The summed E-state index contributed by atoms with van der Waals surface area (Å²) in [6, 6.07) is 27.3. The molecular formula is C21H17NO. The average molecular weight is 299 g/mol. The van der Waals surface area contributed by atoms with Gasteiger partial charge in [0.2, 0.25) is 0 Å². The standard InChI is InChI=1S/C21H17NO/c1-23-19-11-12-20-18(13-19)14-21(22-20)17-9-7-16(8-10-17)15-5-3-2-4-6-15/h2-14,22H,1H3. The summed E-state index contributed by atoms with van der Waals surface area (Å²) in [5.74, 6) is 0.877. The quantitative estimate of drug-likeness (QED) is 0.530. The number of hydrogen-bond donors (Lipinski definition) is 1. The number of rotatable bonds is 3. The average Bonchev–Trinajstić information content (AvgIpc) is 3.05. The van der Waals surface area contributed by atoms with Gasteiger partial charge in [-0.2, -0.15) is 0 Å². The van der Waals surface area contributed by atoms with Crippen molar-refractivity contribution < 1.29 is 4.74 Å². The van der Waals surface area contributed by atoms with Gasteiger partial charge in [0.05, 0.1) is 7.11 Å². The van der Waals surface area contributed by atoms with E-state index in [0.29, 0.717) is 0 Å². The van der Waals surface area contributed by atoms with Crippen LogP contribution in [0.5, 0.6) is 5.75 Å². The minimum absolute atomic E-state index is 0.877. The Balaban J connectivity index is 1.70. The highest BCUT2D eigenvalue weighted by Crippen LogP contribution is 2.28. The Kier molecular flexibility index (Phi) is 3.35. The van der Waals surface area contributed by atoms with Crippen LogP contribution in [0.25, 0.3) is 33.3 Å². The maximum absolute atomic E-state index is 5.29. The summed E-state index contributed by atoms with van der Waals surface area (Å²) >= 11 is 0. The van der Waals surface area contributed by atoms with Crippen LogP contribution in [0.4, 0.5) is 0 Å². The van der Waals surface area contributed by atoms with Crippen LogP contribution < -0.4 is 4.74 Å². The predicted molar refractivity (Wildman–Crippen MR) is 95.7 cm³/mol. The van der Waals surface area contributed by atoms with Crippen molar-refractivity contribution in [1.82, 2.24) is 4.98 Å². The first-order valence-electron chi connectivity index (χ1n) is 7.66. The third kappa shape index (κ3) is 2.59. The van der Waals surface area contributed by atoms with Gasteiger partial charge in [-0.3, -0.25) is 0 Å². The summed E-state index contributed by atoms with van der Waals surface area (Å²) in [6.45, 7) is 0. The molecule has 2 heteroatoms. The number of ether oxygens (including phenoxy) is 1. The van der Waals surface area contributed by atoms with Gasteiger partial charge in [-0.25, -0.2) is 0 Å². The molecule has 0 saturated carbocycles. The number of fused-ring (bicyclic) bond motifs is 1. The molecule has 4 aromatic rings. The molecule has 0 aliphatic rings. The molecule has 0 spiro atoms. The largest absolute Gasteiger partial charge is 0.497 e. The number of nitrogens with one attached hydrogen (secondary N) is 1. The third-order valence-electron chi connectivity index (χ3n) is 4.13. The van der Waals surface area contributed by atoms with E-state index in [0.717, 1.165) is 22.3 Å². The molecule has 4 rings (SSSR count). The number of methoxy groups -OCH3 is 1. The molecule has 1 heterocycles. The van der Waals surface area contributed by atoms with Crippen molar-refractivity contribution in [1.29, 1.82) is 0 Å². The summed E-state index contributed by atoms with van der Waals surface area (Å²) in [4.78, 5) is 3.47. The molecule has 3 aromatic carbocycles. The minimum Gasteiger partial charge on any atom is -0.497 e. The van der Waals surface area contributed by atoms with E-state index >= 15 is 0 Å². The Bertz CT molecular complexity index is 937. The van der Waals surface area contributed by atoms with Gasteiger partial charge in [0.25, 0.3) is 0 Å². The zero-order valence-electron chi connectivity index (χ0n) is 12.9. The number of aromatic amines is 1. The van der Waals surface area contributed by atoms with Gasteiger partial charge in [0.15, 0.2) is 0 Å². The van der Waals surface area contributed by atoms with Crippen LogP contribution >= 0.6 is 0 Å². The monoisotopic (exact) mass is 299 g/mol. The topological polar surface area (TPSA) is 25.0 Å². The Hall–Kier alpha value is -3.00. The van der Waals surface area contributed by atoms with Crippen molar-refractivity contribution in [2.45, 2.75) is 0 Å². The molecule has 0 atom stereocenters. The fraction of sp³-hybridized carbons (Fsp3) is 0.0476. The summed E-state index contributed by atoms with van der Waals surface area (Å²) in [6.07, 6.45) is 0. The Morgan fingerprint density at radius 3 is 2.13 bits per heavy atom. The molecule has 1 aromatic heterocycles. The van der Waals surface area contributed by atoms with Crippen LogP contribution in [-0.4, -0.2) is 12.1 Å². The lowest BCUT2D eigenvalue weighted by Gasteiger charge is -2.03. The van der Waals surface area contributed by atoms with Crippen molar-refractivity contribution in [2.75, 3.05) is 7.11 Å². The Labute approximate surface area is 135 Å². The number of benzene rings is 3. The molecule has 23 heavy (non-hydrogen) atoms. The van der Waals surface area contributed by atoms with Gasteiger partial charge in [0.1, 0.15) is 5.75 Å². The highest BCUT2D eigenvalue weighted by molar-refractivity contribution is 5.87. The molecule has 0 fully saturated rings. The smallest absolute Gasteiger partial charge is 0.119 e. The zero-order valence-corrected chi connectivity index (χ0v) is 12.9. The van der Waals surface area contributed by atoms with E-state index in [2.05, 4.69) is 65.6 Å². The van der Waals surface area contributed by atoms with Crippen LogP contribution in [0.2, 0.25) is 0 Å². The van der Waals surface area contributed by atoms with Gasteiger partial charge >= 0.3 is 0 Å². The fourth-order valence-corrected chi connectivity index (χ4v) is 2.87. The maximum Gasteiger partial charge on any atom is 0.119 e. The van der Waals surface area contributed by atoms with E-state index in [1.54, 1.807) is 7.11 Å². The Morgan fingerprint density at radius 2 is 1.39 bits per heavy atom. The number of H-pyrrole nitrogens is 1. The first kappa shape index (κ1) is 13.6. The summed E-state index contributed by atoms with van der Waals surface area (Å²) in [5, 5.41) is 1.16. The zero-order chi connectivity index (χ0) is 15.6. The van der Waals surface area contributed by atoms with E-state index in [1.807, 2.05) is 18.2 Å². The number of aromatic nitrogens is 1. The minimum atomic E-state index is 0.877. The first-order chi connectivity index (χ1) is 11.3. The van der Waals surface area contributed by atoms with Crippen LogP contribution in [0.1, 0.15) is 0 Å². The lowest BCUT2D eigenvalue weighted by atomic mass is 10.0. The van der Waals surface area contributed by atoms with E-state index in [1.165, 1.54) is 16.7 Å². The van der Waals surface area contributed by atoms with Gasteiger partial charge < -0.3 is 9.72 Å². The first-order valence-corrected chi connectivity index (χ1v) is 7.66. The molecular weight excluding hydrogens is 282 g/mol. The highest BCUT2D eigenvalue weighted by atomic mass is 16.5. The van der Waals surface area contributed by atoms with Gasteiger partial charge in [-0.05, 0) is 41.0 Å². The molecule has 0 amide bonds. The summed E-state index contributed by atoms with van der Waals surface area (Å²) < 4.78 is 5.29. The molecule has 0 aliphatic carbocycles. The van der Waals surface area contributed by atoms with Gasteiger partial charge in [-0.1, -0.05) is 54.6 Å². The summed E-state index contributed by atoms with van der Waals surface area (Å²) in [7, 11) is 1.69. The van der Waals surface area contributed by atoms with Crippen LogP contribution in [-0.2, 0) is 0 Å². The van der Waals surface area contributed by atoms with Crippen molar-refractivity contribution in [3.05, 3.63) is 78.9 Å². The van der Waals surface area contributed by atoms with E-state index in [-0.39, 0.29) is 0 Å². The molecule has 2 nitrogen and oxygen atoms in total. The molecule has 0 radical (unpaired) electrons. The normalized spacial score (nSPS) is 10.8. The maximum atomic E-state index is 5.29. The fourth-order valence-electron chi connectivity index (χ4n) is 2.87. The lowest BCUT2D eigenvalue weighted by Crippen LogP contribution is -1.80. The summed E-state index contributed by atoms with van der Waals surface area (Å²) in [5.41, 5.74) is 5.88. The number of hydrogen-bond acceptors (Lipinski definition) is 1. The van der Waals surface area contributed by atoms with E-state index < -0.39 is 0 Å². The molecule has 112 valence electrons. The molecule has 0 aliphatic heterocycles. The van der Waals surface area contributed by atoms with Crippen molar-refractivity contribution in [3.8, 4) is 28.1 Å². The SMILES string of the molecule is COc1ccc2[nH]c(-c3ccc(-c4ccccc4)cc3)cc2c1. The van der Waals surface area contributed by atoms with Crippen molar-refractivity contribution in [2.24, 2.45) is 0 Å². The molecule has 0 bridgehead atoms. The second-order valence-corrected chi connectivity index (χ2v) is 5.58. The predicted octanol–water partition coefficient (Wildman–Crippen LogP) is 5.51. The molecule has 1 N–H and O–H groups in total. The van der Waals surface area contributed by atoms with E-state index in [4.69, 9.17) is 4.74 Å². The van der Waals surface area contributed by atoms with Gasteiger partial charge in [-0.15, -0.1) is 0 Å². The van der Waals surface area contributed by atoms with E-state index in [9.17, 15) is 0 Å². The van der Waals surface area contributed by atoms with Crippen LogP contribution in [0.15, 0.2) is 78.9 Å². The van der Waals surface area contributed by atoms with Crippen LogP contribution in [0, 0.1) is 0 Å². The molecule has 0 saturated heterocycles. The van der Waals surface area contributed by atoms with Crippen molar-refractivity contribution >= 4 is 10.9 Å². The van der Waals surface area contributed by atoms with Crippen LogP contribution in [0.3, 0.4) is 0 Å².